The molecular weight excluding hydrogens is 206 g/mol. The fourth-order valence-corrected chi connectivity index (χ4v) is 2.82. The largest absolute Gasteiger partial charge is 0.341 e. The van der Waals surface area contributed by atoms with Gasteiger partial charge in [-0.05, 0) is 18.6 Å². The Bertz CT molecular complexity index is 182. The summed E-state index contributed by atoms with van der Waals surface area (Å²) in [6.07, 6.45) is 1.82. The second-order valence-electron chi connectivity index (χ2n) is 3.34. The molecule has 1 saturated heterocycles. The second kappa shape index (κ2) is 5.11. The third kappa shape index (κ3) is 2.78. The van der Waals surface area contributed by atoms with E-state index in [0.717, 1.165) is 12.2 Å². The van der Waals surface area contributed by atoms with Crippen LogP contribution in [0.5, 0.6) is 0 Å². The summed E-state index contributed by atoms with van der Waals surface area (Å²) in [7, 11) is 1.86. The van der Waals surface area contributed by atoms with Gasteiger partial charge in [-0.2, -0.15) is 11.8 Å². The van der Waals surface area contributed by atoms with Crippen LogP contribution >= 0.6 is 23.4 Å². The first-order valence-corrected chi connectivity index (χ1v) is 6.24. The van der Waals surface area contributed by atoms with Crippen molar-refractivity contribution < 1.29 is 4.79 Å². The number of carbonyl (C=O) groups excluding carboxylic acids is 1. The molecule has 1 heterocycles. The molecule has 1 fully saturated rings. The summed E-state index contributed by atoms with van der Waals surface area (Å²) in [6.45, 7) is 1.94. The zero-order valence-electron chi connectivity index (χ0n) is 8.12. The van der Waals surface area contributed by atoms with E-state index in [9.17, 15) is 4.79 Å². The Labute approximate surface area is 89.0 Å². The normalized spacial score (nSPS) is 24.4. The summed E-state index contributed by atoms with van der Waals surface area (Å²) in [5.41, 5.74) is 0. The van der Waals surface area contributed by atoms with Crippen LogP contribution in [0.25, 0.3) is 0 Å². The predicted molar refractivity (Wildman–Crippen MR) is 58.4 cm³/mol. The van der Waals surface area contributed by atoms with Gasteiger partial charge in [0.15, 0.2) is 0 Å². The minimum atomic E-state index is -0.337. The lowest BCUT2D eigenvalue weighted by Crippen LogP contribution is -2.41. The lowest BCUT2D eigenvalue weighted by atomic mass is 10.2. The van der Waals surface area contributed by atoms with Crippen LogP contribution in [0.15, 0.2) is 0 Å². The highest BCUT2D eigenvalue weighted by Crippen LogP contribution is 2.22. The Balaban J connectivity index is 2.45. The molecule has 0 spiro atoms. The van der Waals surface area contributed by atoms with Crippen molar-refractivity contribution >= 4 is 29.3 Å². The molecule has 0 N–H and O–H groups in total. The number of hydrogen-bond acceptors (Lipinski definition) is 2. The number of alkyl halides is 1. The quantitative estimate of drug-likeness (QED) is 0.680. The molecule has 0 aromatic rings. The number of hydrogen-bond donors (Lipinski definition) is 0. The molecule has 2 atom stereocenters. The zero-order chi connectivity index (χ0) is 9.84. The van der Waals surface area contributed by atoms with Crippen LogP contribution in [0.2, 0.25) is 0 Å². The maximum Gasteiger partial charge on any atom is 0.240 e. The standard InChI is InChI=1S/C9H16ClNOS/c1-3-8(10)9(12)11(2)7-4-5-13-6-7/h7-8H,3-6H2,1-2H3/t7-,8+/m0/s1. The average molecular weight is 222 g/mol. The van der Waals surface area contributed by atoms with Gasteiger partial charge in [-0.1, -0.05) is 6.92 Å². The van der Waals surface area contributed by atoms with E-state index in [-0.39, 0.29) is 11.3 Å². The van der Waals surface area contributed by atoms with Gasteiger partial charge in [0.05, 0.1) is 0 Å². The Morgan fingerprint density at radius 1 is 1.77 bits per heavy atom. The fourth-order valence-electron chi connectivity index (χ4n) is 1.40. The van der Waals surface area contributed by atoms with Crippen LogP contribution in [0.4, 0.5) is 0 Å². The summed E-state index contributed by atoms with van der Waals surface area (Å²) >= 11 is 7.80. The molecule has 76 valence electrons. The van der Waals surface area contributed by atoms with Gasteiger partial charge in [0.2, 0.25) is 5.91 Å². The first kappa shape index (κ1) is 11.2. The van der Waals surface area contributed by atoms with Crippen molar-refractivity contribution in [2.45, 2.75) is 31.2 Å². The molecule has 0 aliphatic carbocycles. The molecule has 2 nitrogen and oxygen atoms in total. The second-order valence-corrected chi connectivity index (χ2v) is 5.02. The Morgan fingerprint density at radius 2 is 2.46 bits per heavy atom. The van der Waals surface area contributed by atoms with Gasteiger partial charge in [-0.15, -0.1) is 11.6 Å². The maximum absolute atomic E-state index is 11.6. The number of nitrogens with zero attached hydrogens (tertiary/aromatic N) is 1. The zero-order valence-corrected chi connectivity index (χ0v) is 9.70. The van der Waals surface area contributed by atoms with Crippen LogP contribution in [0.3, 0.4) is 0 Å². The van der Waals surface area contributed by atoms with E-state index in [4.69, 9.17) is 11.6 Å². The number of rotatable bonds is 3. The van der Waals surface area contributed by atoms with Gasteiger partial charge in [-0.3, -0.25) is 4.79 Å². The highest BCUT2D eigenvalue weighted by molar-refractivity contribution is 7.99. The molecule has 13 heavy (non-hydrogen) atoms. The van der Waals surface area contributed by atoms with Gasteiger partial charge < -0.3 is 4.90 Å². The monoisotopic (exact) mass is 221 g/mol. The third-order valence-electron chi connectivity index (χ3n) is 2.43. The highest BCUT2D eigenvalue weighted by atomic mass is 35.5. The lowest BCUT2D eigenvalue weighted by molar-refractivity contribution is -0.131. The number of carbonyl (C=O) groups is 1. The summed E-state index contributed by atoms with van der Waals surface area (Å²) in [6, 6.07) is 0.408. The molecule has 1 amide bonds. The third-order valence-corrected chi connectivity index (χ3v) is 4.07. The molecular formula is C9H16ClNOS. The van der Waals surface area contributed by atoms with Gasteiger partial charge in [0.25, 0.3) is 0 Å². The fraction of sp³-hybridized carbons (Fsp3) is 0.889. The van der Waals surface area contributed by atoms with Crippen molar-refractivity contribution in [1.29, 1.82) is 0 Å². The Morgan fingerprint density at radius 3 is 2.92 bits per heavy atom. The van der Waals surface area contributed by atoms with Crippen molar-refractivity contribution in [1.82, 2.24) is 4.90 Å². The first-order valence-electron chi connectivity index (χ1n) is 4.65. The van der Waals surface area contributed by atoms with Crippen LogP contribution in [0.1, 0.15) is 19.8 Å². The molecule has 0 saturated carbocycles. The summed E-state index contributed by atoms with van der Waals surface area (Å²) in [5, 5.41) is -0.337. The minimum absolute atomic E-state index is 0.0802. The van der Waals surface area contributed by atoms with E-state index >= 15 is 0 Å². The minimum Gasteiger partial charge on any atom is -0.341 e. The van der Waals surface area contributed by atoms with Crippen molar-refractivity contribution in [3.8, 4) is 0 Å². The van der Waals surface area contributed by atoms with Crippen molar-refractivity contribution in [3.05, 3.63) is 0 Å². The summed E-state index contributed by atoms with van der Waals surface area (Å²) in [5.74, 6) is 2.31. The lowest BCUT2D eigenvalue weighted by Gasteiger charge is -2.25. The van der Waals surface area contributed by atoms with Crippen LogP contribution in [0, 0.1) is 0 Å². The van der Waals surface area contributed by atoms with Crippen LogP contribution < -0.4 is 0 Å². The average Bonchev–Trinajstić information content (AvgIpc) is 2.67. The molecule has 1 rings (SSSR count). The van der Waals surface area contributed by atoms with Crippen molar-refractivity contribution in [2.75, 3.05) is 18.6 Å². The summed E-state index contributed by atoms with van der Waals surface area (Å²) in [4.78, 5) is 13.5. The van der Waals surface area contributed by atoms with E-state index in [1.54, 1.807) is 0 Å². The number of amides is 1. The first-order chi connectivity index (χ1) is 6.16. The Kier molecular flexibility index (Phi) is 4.39. The van der Waals surface area contributed by atoms with Crippen LogP contribution in [-0.4, -0.2) is 40.8 Å². The summed E-state index contributed by atoms with van der Waals surface area (Å²) < 4.78 is 0. The Hall–Kier alpha value is 0.110. The smallest absolute Gasteiger partial charge is 0.240 e. The molecule has 0 bridgehead atoms. The van der Waals surface area contributed by atoms with Crippen molar-refractivity contribution in [2.24, 2.45) is 0 Å². The molecule has 4 heteroatoms. The molecule has 0 unspecified atom stereocenters. The van der Waals surface area contributed by atoms with E-state index in [1.165, 1.54) is 5.75 Å². The highest BCUT2D eigenvalue weighted by Gasteiger charge is 2.26. The molecule has 0 aromatic heterocycles. The molecule has 1 aliphatic rings. The van der Waals surface area contributed by atoms with E-state index in [2.05, 4.69) is 0 Å². The SMILES string of the molecule is CC[C@@H](Cl)C(=O)N(C)[C@H]1CCSC1. The topological polar surface area (TPSA) is 20.3 Å². The molecule has 0 aromatic carbocycles. The maximum atomic E-state index is 11.6. The van der Waals surface area contributed by atoms with E-state index in [0.29, 0.717) is 12.5 Å². The van der Waals surface area contributed by atoms with E-state index in [1.807, 2.05) is 30.6 Å². The van der Waals surface area contributed by atoms with Crippen LogP contribution in [-0.2, 0) is 4.79 Å². The van der Waals surface area contributed by atoms with E-state index < -0.39 is 0 Å². The van der Waals surface area contributed by atoms with Crippen molar-refractivity contribution in [3.63, 3.8) is 0 Å². The molecule has 0 radical (unpaired) electrons. The van der Waals surface area contributed by atoms with Gasteiger partial charge >= 0.3 is 0 Å². The number of halogens is 1. The van der Waals surface area contributed by atoms with Gasteiger partial charge in [0, 0.05) is 18.8 Å². The van der Waals surface area contributed by atoms with Gasteiger partial charge in [-0.25, -0.2) is 0 Å². The number of thioether (sulfide) groups is 1. The predicted octanol–water partition coefficient (Wildman–Crippen LogP) is 1.97. The molecule has 1 aliphatic heterocycles. The van der Waals surface area contributed by atoms with Gasteiger partial charge in [0.1, 0.15) is 5.38 Å².